The minimum atomic E-state index is 0.136. The molecule has 0 radical (unpaired) electrons. The van der Waals surface area contributed by atoms with Crippen LogP contribution < -0.4 is 9.47 Å². The summed E-state index contributed by atoms with van der Waals surface area (Å²) in [5.41, 5.74) is 0. The predicted molar refractivity (Wildman–Crippen MR) is 108 cm³/mol. The van der Waals surface area contributed by atoms with Gasteiger partial charge in [-0.1, -0.05) is 11.6 Å². The van der Waals surface area contributed by atoms with E-state index in [4.69, 9.17) is 44.3 Å². The van der Waals surface area contributed by atoms with E-state index in [0.717, 1.165) is 5.75 Å². The van der Waals surface area contributed by atoms with Crippen LogP contribution in [0.2, 0.25) is 15.7 Å². The van der Waals surface area contributed by atoms with Gasteiger partial charge in [-0.3, -0.25) is 0 Å². The lowest BCUT2D eigenvalue weighted by Gasteiger charge is -2.07. The zero-order chi connectivity index (χ0) is 19.1. The monoisotopic (exact) mass is 540 g/mol. The summed E-state index contributed by atoms with van der Waals surface area (Å²) < 4.78 is 11.9. The summed E-state index contributed by atoms with van der Waals surface area (Å²) in [6, 6.07) is 7.15. The van der Waals surface area contributed by atoms with Gasteiger partial charge >= 0.3 is 0 Å². The van der Waals surface area contributed by atoms with E-state index < -0.39 is 0 Å². The number of nitrogens with zero attached hydrogens (tertiary/aromatic N) is 4. The van der Waals surface area contributed by atoms with Gasteiger partial charge in [0, 0.05) is 12.4 Å². The van der Waals surface area contributed by atoms with E-state index >= 15 is 0 Å². The standard InChI is InChI=1S/C11H8BrClN2O2.C4HBrCl2N2/c1-16-7-2-4-8(5-3-7)17-10-9(12)6-14-11(13)15-10;5-2-1-8-4(7)9-3(2)6/h2-6H,1H3;1H. The molecule has 3 aromatic rings. The van der Waals surface area contributed by atoms with Crippen molar-refractivity contribution in [1.82, 2.24) is 19.9 Å². The van der Waals surface area contributed by atoms with Gasteiger partial charge in [-0.05, 0) is 79.3 Å². The van der Waals surface area contributed by atoms with Gasteiger partial charge in [0.05, 0.1) is 16.1 Å². The van der Waals surface area contributed by atoms with Gasteiger partial charge < -0.3 is 9.47 Å². The van der Waals surface area contributed by atoms with Crippen molar-refractivity contribution in [2.24, 2.45) is 0 Å². The van der Waals surface area contributed by atoms with Crippen LogP contribution in [0.25, 0.3) is 0 Å². The largest absolute Gasteiger partial charge is 0.497 e. The minimum Gasteiger partial charge on any atom is -0.497 e. The fourth-order valence-electron chi connectivity index (χ4n) is 1.48. The summed E-state index contributed by atoms with van der Waals surface area (Å²) in [5.74, 6) is 1.77. The number of aromatic nitrogens is 4. The number of hydrogen-bond donors (Lipinski definition) is 0. The van der Waals surface area contributed by atoms with E-state index in [1.54, 1.807) is 31.4 Å². The Bertz CT molecular complexity index is 885. The Morgan fingerprint density at radius 3 is 1.88 bits per heavy atom. The molecule has 136 valence electrons. The van der Waals surface area contributed by atoms with Gasteiger partial charge in [-0.2, -0.15) is 4.98 Å². The van der Waals surface area contributed by atoms with E-state index in [2.05, 4.69) is 51.8 Å². The van der Waals surface area contributed by atoms with E-state index in [1.807, 2.05) is 0 Å². The minimum absolute atomic E-state index is 0.136. The number of rotatable bonds is 3. The molecule has 26 heavy (non-hydrogen) atoms. The summed E-state index contributed by atoms with van der Waals surface area (Å²) in [7, 11) is 1.61. The third kappa shape index (κ3) is 6.51. The fourth-order valence-corrected chi connectivity index (χ4v) is 2.38. The molecule has 3 rings (SSSR count). The molecule has 11 heteroatoms. The van der Waals surface area contributed by atoms with Crippen LogP contribution in [0.1, 0.15) is 0 Å². The molecule has 0 aliphatic carbocycles. The highest BCUT2D eigenvalue weighted by Crippen LogP contribution is 2.28. The summed E-state index contributed by atoms with van der Waals surface area (Å²) in [5, 5.41) is 0.620. The van der Waals surface area contributed by atoms with E-state index in [9.17, 15) is 0 Å². The normalized spacial score (nSPS) is 9.92. The van der Waals surface area contributed by atoms with Gasteiger partial charge in [-0.15, -0.1) is 0 Å². The molecule has 0 atom stereocenters. The number of halogens is 5. The Morgan fingerprint density at radius 1 is 0.808 bits per heavy atom. The van der Waals surface area contributed by atoms with Crippen molar-refractivity contribution in [3.05, 3.63) is 61.3 Å². The van der Waals surface area contributed by atoms with Gasteiger partial charge in [-0.25, -0.2) is 15.0 Å². The summed E-state index contributed by atoms with van der Waals surface area (Å²) in [6.07, 6.45) is 3.03. The molecule has 0 saturated heterocycles. The molecule has 0 saturated carbocycles. The predicted octanol–water partition coefficient (Wildman–Crippen LogP) is 6.24. The maximum atomic E-state index is 5.69. The maximum absolute atomic E-state index is 5.69. The van der Waals surface area contributed by atoms with Crippen LogP contribution in [0.4, 0.5) is 0 Å². The Balaban J connectivity index is 0.000000228. The molecule has 2 heterocycles. The zero-order valence-electron chi connectivity index (χ0n) is 13.0. The van der Waals surface area contributed by atoms with Crippen molar-refractivity contribution in [3.63, 3.8) is 0 Å². The first-order valence-electron chi connectivity index (χ1n) is 6.72. The quantitative estimate of drug-likeness (QED) is 0.288. The summed E-state index contributed by atoms with van der Waals surface area (Å²) in [4.78, 5) is 15.1. The number of hydrogen-bond acceptors (Lipinski definition) is 6. The molecule has 0 unspecified atom stereocenters. The molecule has 6 nitrogen and oxygen atoms in total. The van der Waals surface area contributed by atoms with Crippen molar-refractivity contribution in [1.29, 1.82) is 0 Å². The van der Waals surface area contributed by atoms with Crippen molar-refractivity contribution < 1.29 is 9.47 Å². The molecule has 1 aromatic carbocycles. The van der Waals surface area contributed by atoms with Crippen LogP contribution in [-0.2, 0) is 0 Å². The molecule has 0 N–H and O–H groups in total. The van der Waals surface area contributed by atoms with Gasteiger partial charge in [0.1, 0.15) is 16.7 Å². The second-order valence-electron chi connectivity index (χ2n) is 4.35. The van der Waals surface area contributed by atoms with Crippen LogP contribution >= 0.6 is 66.7 Å². The van der Waals surface area contributed by atoms with Crippen molar-refractivity contribution in [2.45, 2.75) is 0 Å². The van der Waals surface area contributed by atoms with E-state index in [1.165, 1.54) is 12.4 Å². The summed E-state index contributed by atoms with van der Waals surface area (Å²) >= 11 is 23.0. The van der Waals surface area contributed by atoms with Crippen LogP contribution in [0.3, 0.4) is 0 Å². The Labute approximate surface area is 181 Å². The van der Waals surface area contributed by atoms with Crippen molar-refractivity contribution in [3.8, 4) is 17.4 Å². The van der Waals surface area contributed by atoms with E-state index in [-0.39, 0.29) is 10.6 Å². The SMILES string of the molecule is COc1ccc(Oc2nc(Cl)ncc2Br)cc1.Clc1ncc(Br)c(Cl)n1. The number of benzene rings is 1. The molecular weight excluding hydrogens is 534 g/mol. The molecule has 0 spiro atoms. The highest BCUT2D eigenvalue weighted by atomic mass is 79.9. The van der Waals surface area contributed by atoms with Crippen LogP contribution in [0, 0.1) is 0 Å². The van der Waals surface area contributed by atoms with Crippen molar-refractivity contribution >= 4 is 66.7 Å². The van der Waals surface area contributed by atoms with Crippen LogP contribution in [-0.4, -0.2) is 27.0 Å². The molecule has 0 aliphatic heterocycles. The molecule has 0 aliphatic rings. The first-order valence-corrected chi connectivity index (χ1v) is 9.44. The molecule has 2 aromatic heterocycles. The fraction of sp³-hybridized carbons (Fsp3) is 0.0667. The second-order valence-corrected chi connectivity index (χ2v) is 7.09. The number of ether oxygens (including phenoxy) is 2. The van der Waals surface area contributed by atoms with Crippen LogP contribution in [0.5, 0.6) is 17.4 Å². The first-order chi connectivity index (χ1) is 12.4. The highest BCUT2D eigenvalue weighted by molar-refractivity contribution is 9.10. The Morgan fingerprint density at radius 2 is 1.35 bits per heavy atom. The lowest BCUT2D eigenvalue weighted by molar-refractivity contribution is 0.412. The van der Waals surface area contributed by atoms with Gasteiger partial charge in [0.15, 0.2) is 0 Å². The third-order valence-electron chi connectivity index (χ3n) is 2.63. The second kappa shape index (κ2) is 10.2. The lowest BCUT2D eigenvalue weighted by atomic mass is 10.3. The average molecular weight is 543 g/mol. The lowest BCUT2D eigenvalue weighted by Crippen LogP contribution is -1.91. The smallest absolute Gasteiger partial charge is 0.237 e. The maximum Gasteiger partial charge on any atom is 0.237 e. The molecule has 0 fully saturated rings. The molecule has 0 amide bonds. The van der Waals surface area contributed by atoms with Crippen LogP contribution in [0.15, 0.2) is 45.6 Å². The number of methoxy groups -OCH3 is 1. The van der Waals surface area contributed by atoms with Gasteiger partial charge in [0.2, 0.25) is 16.4 Å². The van der Waals surface area contributed by atoms with Crippen molar-refractivity contribution in [2.75, 3.05) is 7.11 Å². The Kier molecular flexibility index (Phi) is 8.30. The van der Waals surface area contributed by atoms with E-state index in [0.29, 0.717) is 25.7 Å². The first kappa shape index (κ1) is 21.1. The zero-order valence-corrected chi connectivity index (χ0v) is 18.4. The average Bonchev–Trinajstić information content (AvgIpc) is 2.63. The molecule has 0 bridgehead atoms. The highest BCUT2D eigenvalue weighted by Gasteiger charge is 2.06. The topological polar surface area (TPSA) is 70.0 Å². The van der Waals surface area contributed by atoms with Gasteiger partial charge in [0.25, 0.3) is 0 Å². The third-order valence-corrected chi connectivity index (χ3v) is 4.63. The summed E-state index contributed by atoms with van der Waals surface area (Å²) in [6.45, 7) is 0. The Hall–Kier alpha value is -1.19. The molecular formula is C15H9Br2Cl3N4O2.